The summed E-state index contributed by atoms with van der Waals surface area (Å²) in [5.41, 5.74) is 2.66. The van der Waals surface area contributed by atoms with Crippen molar-refractivity contribution in [2.75, 3.05) is 79.0 Å². The second-order valence-electron chi connectivity index (χ2n) is 14.6. The van der Waals surface area contributed by atoms with Crippen molar-refractivity contribution in [2.45, 2.75) is 24.9 Å². The normalized spacial score (nSPS) is 18.4. The highest BCUT2D eigenvalue weighted by atomic mass is 16.5. The number of hydrogen-bond donors (Lipinski definition) is 0. The molecule has 4 aromatic carbocycles. The van der Waals surface area contributed by atoms with Crippen LogP contribution in [0.25, 0.3) is 0 Å². The third-order valence-corrected chi connectivity index (χ3v) is 10.8. The van der Waals surface area contributed by atoms with Crippen LogP contribution in [0.4, 0.5) is 0 Å². The zero-order chi connectivity index (χ0) is 41.8. The molecule has 0 aromatic heterocycles. The standard InChI is InChI=1S/C46H48N4O10/c51-41-35-15-7-8-16-36(35)42(52)49(41)39(31-33-11-3-1-4-12-33)45(55)47-19-23-57-27-29-59-25-21-48(22-26-60-30-28-58-24-20-47)46(56)40(32-34-13-5-2-6-14-34)50-43(53)37-17-9-10-18-38(37)44(50)54/h1-18,39-40H,19-32H2/t39-,40+. The maximum atomic E-state index is 14.4. The molecule has 1 saturated heterocycles. The third kappa shape index (κ3) is 9.69. The lowest BCUT2D eigenvalue weighted by Gasteiger charge is -2.32. The molecule has 0 aliphatic carbocycles. The van der Waals surface area contributed by atoms with E-state index in [0.717, 1.165) is 20.9 Å². The number of fused-ring (bicyclic) bond motifs is 2. The molecule has 14 heteroatoms. The lowest BCUT2D eigenvalue weighted by atomic mass is 10.0. The van der Waals surface area contributed by atoms with Gasteiger partial charge in [-0.05, 0) is 35.4 Å². The largest absolute Gasteiger partial charge is 0.377 e. The fourth-order valence-electron chi connectivity index (χ4n) is 7.66. The van der Waals surface area contributed by atoms with Gasteiger partial charge in [0, 0.05) is 39.0 Å². The van der Waals surface area contributed by atoms with Crippen molar-refractivity contribution in [1.29, 1.82) is 0 Å². The second-order valence-corrected chi connectivity index (χ2v) is 14.6. The molecular weight excluding hydrogens is 769 g/mol. The van der Waals surface area contributed by atoms with Gasteiger partial charge in [-0.2, -0.15) is 0 Å². The average molecular weight is 817 g/mol. The zero-order valence-corrected chi connectivity index (χ0v) is 33.3. The van der Waals surface area contributed by atoms with Crippen LogP contribution in [-0.4, -0.2) is 146 Å². The van der Waals surface area contributed by atoms with Crippen molar-refractivity contribution in [3.05, 3.63) is 143 Å². The smallest absolute Gasteiger partial charge is 0.262 e. The Morgan fingerprint density at radius 1 is 0.400 bits per heavy atom. The van der Waals surface area contributed by atoms with Crippen LogP contribution in [0, 0.1) is 0 Å². The minimum atomic E-state index is -1.10. The summed E-state index contributed by atoms with van der Waals surface area (Å²) < 4.78 is 23.5. The maximum absolute atomic E-state index is 14.4. The number of carbonyl (C=O) groups is 6. The third-order valence-electron chi connectivity index (χ3n) is 10.8. The summed E-state index contributed by atoms with van der Waals surface area (Å²) in [7, 11) is 0. The van der Waals surface area contributed by atoms with Gasteiger partial charge in [0.25, 0.3) is 23.6 Å². The summed E-state index contributed by atoms with van der Waals surface area (Å²) in [6.45, 7) is 1.97. The molecule has 2 atom stereocenters. The molecule has 3 heterocycles. The predicted octanol–water partition coefficient (Wildman–Crippen LogP) is 3.54. The summed E-state index contributed by atoms with van der Waals surface area (Å²) in [6.07, 6.45) is 0.270. The molecular formula is C46H48N4O10. The van der Waals surface area contributed by atoms with Crippen molar-refractivity contribution in [3.8, 4) is 0 Å². The van der Waals surface area contributed by atoms with Gasteiger partial charge in [0.1, 0.15) is 12.1 Å². The fourth-order valence-corrected chi connectivity index (χ4v) is 7.66. The number of benzene rings is 4. The van der Waals surface area contributed by atoms with Crippen molar-refractivity contribution >= 4 is 35.4 Å². The molecule has 6 amide bonds. The highest BCUT2D eigenvalue weighted by molar-refractivity contribution is 6.23. The molecule has 3 aliphatic heterocycles. The number of amides is 6. The Bertz CT molecular complexity index is 1920. The van der Waals surface area contributed by atoms with E-state index in [1.165, 1.54) is 0 Å². The molecule has 0 bridgehead atoms. The predicted molar refractivity (Wildman–Crippen MR) is 218 cm³/mol. The van der Waals surface area contributed by atoms with Crippen LogP contribution in [0.2, 0.25) is 0 Å². The number of hydrogen-bond acceptors (Lipinski definition) is 10. The minimum Gasteiger partial charge on any atom is -0.377 e. The SMILES string of the molecule is O=C([C@@H](Cc1ccccc1)N1C(=O)c2ccccc2C1=O)N1CCOCCOCCN(C(=O)[C@H](Cc2ccccc2)N2C(=O)c3ccccc3C2=O)CCOCCOCC1. The van der Waals surface area contributed by atoms with Crippen LogP contribution < -0.4 is 0 Å². The van der Waals surface area contributed by atoms with E-state index in [0.29, 0.717) is 0 Å². The summed E-state index contributed by atoms with van der Waals surface area (Å²) in [6, 6.07) is 29.5. The molecule has 14 nitrogen and oxygen atoms in total. The van der Waals surface area contributed by atoms with Crippen molar-refractivity contribution < 1.29 is 47.7 Å². The molecule has 0 N–H and O–H groups in total. The van der Waals surface area contributed by atoms with Crippen LogP contribution in [0.5, 0.6) is 0 Å². The summed E-state index contributed by atoms with van der Waals surface area (Å²) in [4.78, 5) is 88.6. The van der Waals surface area contributed by atoms with Crippen molar-refractivity contribution in [3.63, 3.8) is 0 Å². The van der Waals surface area contributed by atoms with Gasteiger partial charge in [-0.3, -0.25) is 38.6 Å². The zero-order valence-electron chi connectivity index (χ0n) is 33.3. The molecule has 0 saturated carbocycles. The van der Waals surface area contributed by atoms with Gasteiger partial charge in [0.15, 0.2) is 0 Å². The van der Waals surface area contributed by atoms with Crippen LogP contribution in [-0.2, 0) is 41.4 Å². The van der Waals surface area contributed by atoms with Crippen molar-refractivity contribution in [1.82, 2.24) is 19.6 Å². The van der Waals surface area contributed by atoms with Gasteiger partial charge >= 0.3 is 0 Å². The van der Waals surface area contributed by atoms with Crippen LogP contribution in [0.15, 0.2) is 109 Å². The first-order valence-electron chi connectivity index (χ1n) is 20.2. The molecule has 3 aliphatic rings. The number of carbonyl (C=O) groups excluding carboxylic acids is 6. The van der Waals surface area contributed by atoms with E-state index in [-0.39, 0.29) is 114 Å². The van der Waals surface area contributed by atoms with Gasteiger partial charge in [-0.25, -0.2) is 0 Å². The first-order chi connectivity index (χ1) is 29.3. The first-order valence-corrected chi connectivity index (χ1v) is 20.2. The summed E-state index contributed by atoms with van der Waals surface area (Å²) in [5.74, 6) is -2.85. The molecule has 60 heavy (non-hydrogen) atoms. The molecule has 4 aromatic rings. The molecule has 7 rings (SSSR count). The maximum Gasteiger partial charge on any atom is 0.262 e. The Morgan fingerprint density at radius 2 is 0.667 bits per heavy atom. The van der Waals surface area contributed by atoms with Crippen molar-refractivity contribution in [2.24, 2.45) is 0 Å². The quantitative estimate of drug-likeness (QED) is 0.242. The van der Waals surface area contributed by atoms with E-state index in [9.17, 15) is 28.8 Å². The molecule has 0 unspecified atom stereocenters. The average Bonchev–Trinajstić information content (AvgIpc) is 3.68. The highest BCUT2D eigenvalue weighted by Crippen LogP contribution is 2.28. The van der Waals surface area contributed by atoms with E-state index in [1.807, 2.05) is 60.7 Å². The van der Waals surface area contributed by atoms with Gasteiger partial charge in [0.05, 0.1) is 75.1 Å². The lowest BCUT2D eigenvalue weighted by molar-refractivity contribution is -0.138. The van der Waals surface area contributed by atoms with Crippen LogP contribution in [0.1, 0.15) is 52.6 Å². The Kier molecular flexibility index (Phi) is 14.2. The second kappa shape index (κ2) is 20.3. The Morgan fingerprint density at radius 3 is 0.950 bits per heavy atom. The van der Waals surface area contributed by atoms with Gasteiger partial charge in [-0.15, -0.1) is 0 Å². The Hall–Kier alpha value is -6.06. The number of imide groups is 2. The van der Waals surface area contributed by atoms with Gasteiger partial charge in [0.2, 0.25) is 11.8 Å². The Labute approximate surface area is 348 Å². The van der Waals surface area contributed by atoms with E-state index in [4.69, 9.17) is 18.9 Å². The monoisotopic (exact) mass is 816 g/mol. The van der Waals surface area contributed by atoms with Gasteiger partial charge < -0.3 is 28.7 Å². The van der Waals surface area contributed by atoms with Crippen LogP contribution in [0.3, 0.4) is 0 Å². The highest BCUT2D eigenvalue weighted by Gasteiger charge is 2.45. The Balaban J connectivity index is 1.00. The number of ether oxygens (including phenoxy) is 4. The van der Waals surface area contributed by atoms with Gasteiger partial charge in [-0.1, -0.05) is 84.9 Å². The van der Waals surface area contributed by atoms with E-state index in [2.05, 4.69) is 0 Å². The van der Waals surface area contributed by atoms with E-state index in [1.54, 1.807) is 58.3 Å². The minimum absolute atomic E-state index is 0.135. The summed E-state index contributed by atoms with van der Waals surface area (Å²) in [5, 5.41) is 0. The lowest BCUT2D eigenvalue weighted by Crippen LogP contribution is -2.53. The topological polar surface area (TPSA) is 152 Å². The molecule has 1 fully saturated rings. The molecule has 0 radical (unpaired) electrons. The number of nitrogens with zero attached hydrogens (tertiary/aromatic N) is 4. The van der Waals surface area contributed by atoms with Crippen LogP contribution >= 0.6 is 0 Å². The molecule has 312 valence electrons. The molecule has 0 spiro atoms. The first kappa shape index (κ1) is 42.1. The number of rotatable bonds is 8. The summed E-state index contributed by atoms with van der Waals surface area (Å²) >= 11 is 0. The van der Waals surface area contributed by atoms with E-state index >= 15 is 0 Å². The van der Waals surface area contributed by atoms with E-state index < -0.39 is 47.5 Å². The fraction of sp³-hybridized carbons (Fsp3) is 0.348.